The molecular formula is C13H18ClNO3. The van der Waals surface area contributed by atoms with E-state index in [-0.39, 0.29) is 11.9 Å². The van der Waals surface area contributed by atoms with E-state index in [9.17, 15) is 10.2 Å². The lowest BCUT2D eigenvalue weighted by Gasteiger charge is -2.13. The van der Waals surface area contributed by atoms with Gasteiger partial charge in [0.15, 0.2) is 11.5 Å². The average Bonchev–Trinajstić information content (AvgIpc) is 3.16. The Labute approximate surface area is 112 Å². The van der Waals surface area contributed by atoms with Gasteiger partial charge in [-0.2, -0.15) is 0 Å². The number of phenols is 1. The molecule has 1 aliphatic carbocycles. The summed E-state index contributed by atoms with van der Waals surface area (Å²) in [6.07, 6.45) is 1.92. The Morgan fingerprint density at radius 1 is 1.50 bits per heavy atom. The van der Waals surface area contributed by atoms with Crippen molar-refractivity contribution in [1.29, 1.82) is 0 Å². The van der Waals surface area contributed by atoms with E-state index in [1.165, 1.54) is 7.11 Å². The Hall–Kier alpha value is -0.970. The molecule has 0 radical (unpaired) electrons. The van der Waals surface area contributed by atoms with Gasteiger partial charge in [0.2, 0.25) is 0 Å². The number of ether oxygens (including phenoxy) is 1. The fraction of sp³-hybridized carbons (Fsp3) is 0.538. The molecule has 2 rings (SSSR count). The van der Waals surface area contributed by atoms with Crippen LogP contribution in [0, 0.1) is 5.92 Å². The summed E-state index contributed by atoms with van der Waals surface area (Å²) in [7, 11) is 1.49. The lowest BCUT2D eigenvalue weighted by atomic mass is 10.1. The number of methoxy groups -OCH3 is 1. The summed E-state index contributed by atoms with van der Waals surface area (Å²) in [4.78, 5) is 0. The second-order valence-electron chi connectivity index (χ2n) is 4.65. The summed E-state index contributed by atoms with van der Waals surface area (Å²) in [5.74, 6) is 0.900. The maximum atomic E-state index is 9.91. The molecule has 18 heavy (non-hydrogen) atoms. The Kier molecular flexibility index (Phi) is 4.32. The topological polar surface area (TPSA) is 61.7 Å². The summed E-state index contributed by atoms with van der Waals surface area (Å²) in [6.45, 7) is 0.978. The van der Waals surface area contributed by atoms with Crippen molar-refractivity contribution >= 4 is 11.6 Å². The molecule has 0 bridgehead atoms. The van der Waals surface area contributed by atoms with Crippen LogP contribution in [0.5, 0.6) is 11.5 Å². The third kappa shape index (κ3) is 3.28. The van der Waals surface area contributed by atoms with Gasteiger partial charge in [-0.05, 0) is 24.8 Å². The third-order valence-electron chi connectivity index (χ3n) is 3.17. The minimum absolute atomic E-state index is 0.0929. The van der Waals surface area contributed by atoms with Crippen molar-refractivity contribution in [2.75, 3.05) is 13.7 Å². The summed E-state index contributed by atoms with van der Waals surface area (Å²) >= 11 is 5.93. The van der Waals surface area contributed by atoms with Crippen molar-refractivity contribution in [2.45, 2.75) is 25.5 Å². The van der Waals surface area contributed by atoms with E-state index in [4.69, 9.17) is 16.3 Å². The molecule has 0 aromatic heterocycles. The highest BCUT2D eigenvalue weighted by Crippen LogP contribution is 2.34. The number of phenolic OH excluding ortho intramolecular Hbond substituents is 1. The molecule has 1 unspecified atom stereocenters. The van der Waals surface area contributed by atoms with Gasteiger partial charge in [-0.1, -0.05) is 11.6 Å². The Morgan fingerprint density at radius 2 is 2.22 bits per heavy atom. The smallest absolute Gasteiger partial charge is 0.162 e. The van der Waals surface area contributed by atoms with Crippen LogP contribution in [0.3, 0.4) is 0 Å². The average molecular weight is 272 g/mol. The quantitative estimate of drug-likeness (QED) is 0.740. The van der Waals surface area contributed by atoms with Crippen LogP contribution in [0.25, 0.3) is 0 Å². The van der Waals surface area contributed by atoms with Crippen molar-refractivity contribution < 1.29 is 14.9 Å². The Morgan fingerprint density at radius 3 is 2.83 bits per heavy atom. The minimum atomic E-state index is -0.298. The van der Waals surface area contributed by atoms with E-state index in [0.717, 1.165) is 12.8 Å². The van der Waals surface area contributed by atoms with Gasteiger partial charge in [0.05, 0.1) is 13.2 Å². The van der Waals surface area contributed by atoms with Crippen LogP contribution in [0.1, 0.15) is 18.4 Å². The monoisotopic (exact) mass is 271 g/mol. The van der Waals surface area contributed by atoms with E-state index in [0.29, 0.717) is 35.3 Å². The second kappa shape index (κ2) is 5.78. The van der Waals surface area contributed by atoms with Crippen LogP contribution in [0.4, 0.5) is 0 Å². The number of halogens is 1. The molecule has 0 saturated heterocycles. The van der Waals surface area contributed by atoms with E-state index in [1.807, 2.05) is 0 Å². The second-order valence-corrected chi connectivity index (χ2v) is 5.09. The first-order valence-electron chi connectivity index (χ1n) is 6.06. The molecule has 0 spiro atoms. The van der Waals surface area contributed by atoms with Crippen molar-refractivity contribution in [3.63, 3.8) is 0 Å². The summed E-state index contributed by atoms with van der Waals surface area (Å²) < 4.78 is 5.03. The Balaban J connectivity index is 1.93. The lowest BCUT2D eigenvalue weighted by Crippen LogP contribution is -2.27. The fourth-order valence-electron chi connectivity index (χ4n) is 1.92. The molecule has 1 atom stereocenters. The SMILES string of the molecule is COc1cc(Cl)cc(CNCC(O)C2CC2)c1O. The van der Waals surface area contributed by atoms with Gasteiger partial charge in [0.25, 0.3) is 0 Å². The van der Waals surface area contributed by atoms with Gasteiger partial charge in [-0.3, -0.25) is 0 Å². The zero-order valence-electron chi connectivity index (χ0n) is 10.3. The molecule has 0 aliphatic heterocycles. The molecule has 0 amide bonds. The first-order valence-corrected chi connectivity index (χ1v) is 6.43. The number of rotatable bonds is 6. The molecule has 3 N–H and O–H groups in total. The molecule has 4 nitrogen and oxygen atoms in total. The largest absolute Gasteiger partial charge is 0.504 e. The number of nitrogens with one attached hydrogen (secondary N) is 1. The summed E-state index contributed by atoms with van der Waals surface area (Å²) in [6, 6.07) is 3.26. The molecule has 1 aromatic carbocycles. The van der Waals surface area contributed by atoms with Gasteiger partial charge < -0.3 is 20.3 Å². The first kappa shape index (κ1) is 13.5. The third-order valence-corrected chi connectivity index (χ3v) is 3.39. The van der Waals surface area contributed by atoms with Crippen LogP contribution >= 0.6 is 11.6 Å². The minimum Gasteiger partial charge on any atom is -0.504 e. The highest BCUT2D eigenvalue weighted by molar-refractivity contribution is 6.30. The van der Waals surface area contributed by atoms with E-state index >= 15 is 0 Å². The van der Waals surface area contributed by atoms with E-state index in [2.05, 4.69) is 5.32 Å². The maximum absolute atomic E-state index is 9.91. The summed E-state index contributed by atoms with van der Waals surface area (Å²) in [5.41, 5.74) is 0.669. The highest BCUT2D eigenvalue weighted by Gasteiger charge is 2.29. The van der Waals surface area contributed by atoms with Crippen LogP contribution in [-0.2, 0) is 6.54 Å². The molecule has 1 fully saturated rings. The van der Waals surface area contributed by atoms with Crippen molar-refractivity contribution in [2.24, 2.45) is 5.92 Å². The van der Waals surface area contributed by atoms with Crippen molar-refractivity contribution in [3.05, 3.63) is 22.7 Å². The predicted octanol–water partition coefficient (Wildman–Crippen LogP) is 1.91. The molecule has 0 heterocycles. The highest BCUT2D eigenvalue weighted by atomic mass is 35.5. The molecule has 1 aromatic rings. The zero-order valence-corrected chi connectivity index (χ0v) is 11.1. The molecular weight excluding hydrogens is 254 g/mol. The number of aromatic hydroxyl groups is 1. The van der Waals surface area contributed by atoms with Gasteiger partial charge in [-0.15, -0.1) is 0 Å². The predicted molar refractivity (Wildman–Crippen MR) is 70.1 cm³/mol. The van der Waals surface area contributed by atoms with E-state index < -0.39 is 0 Å². The van der Waals surface area contributed by atoms with Crippen molar-refractivity contribution in [1.82, 2.24) is 5.32 Å². The van der Waals surface area contributed by atoms with E-state index in [1.54, 1.807) is 12.1 Å². The number of aliphatic hydroxyl groups is 1. The molecule has 5 heteroatoms. The number of hydrogen-bond donors (Lipinski definition) is 3. The molecule has 1 saturated carbocycles. The maximum Gasteiger partial charge on any atom is 0.162 e. The molecule has 1 aliphatic rings. The zero-order chi connectivity index (χ0) is 13.1. The van der Waals surface area contributed by atoms with Gasteiger partial charge in [0, 0.05) is 29.7 Å². The van der Waals surface area contributed by atoms with Crippen molar-refractivity contribution in [3.8, 4) is 11.5 Å². The van der Waals surface area contributed by atoms with Gasteiger partial charge in [0.1, 0.15) is 0 Å². The van der Waals surface area contributed by atoms with Crippen LogP contribution < -0.4 is 10.1 Å². The van der Waals surface area contributed by atoms with Gasteiger partial charge in [-0.25, -0.2) is 0 Å². The fourth-order valence-corrected chi connectivity index (χ4v) is 2.15. The lowest BCUT2D eigenvalue weighted by molar-refractivity contribution is 0.148. The van der Waals surface area contributed by atoms with Crippen LogP contribution in [-0.4, -0.2) is 30.0 Å². The number of aliphatic hydroxyl groups excluding tert-OH is 1. The van der Waals surface area contributed by atoms with Crippen LogP contribution in [0.15, 0.2) is 12.1 Å². The summed E-state index contributed by atoms with van der Waals surface area (Å²) in [5, 5.41) is 23.3. The first-order chi connectivity index (χ1) is 8.61. The Bertz CT molecular complexity index is 421. The number of benzene rings is 1. The van der Waals surface area contributed by atoms with Gasteiger partial charge >= 0.3 is 0 Å². The normalized spacial score (nSPS) is 16.6. The molecule has 100 valence electrons. The number of hydrogen-bond acceptors (Lipinski definition) is 4. The standard InChI is InChI=1S/C13H18ClNO3/c1-18-12-5-10(14)4-9(13(12)17)6-15-7-11(16)8-2-3-8/h4-5,8,11,15-17H,2-3,6-7H2,1H3. The van der Waals surface area contributed by atoms with Crippen LogP contribution in [0.2, 0.25) is 5.02 Å².